The maximum Gasteiger partial charge on any atom is 0.169 e. The maximum absolute atomic E-state index is 11.6. The van der Waals surface area contributed by atoms with Crippen molar-refractivity contribution in [2.75, 3.05) is 6.61 Å². The van der Waals surface area contributed by atoms with Gasteiger partial charge in [0.1, 0.15) is 11.6 Å². The number of pyridine rings is 1. The average molecular weight is 418 g/mol. The van der Waals surface area contributed by atoms with Gasteiger partial charge in [-0.15, -0.1) is 0 Å². The first-order chi connectivity index (χ1) is 10.1. The van der Waals surface area contributed by atoms with E-state index >= 15 is 0 Å². The lowest BCUT2D eigenvalue weighted by molar-refractivity contribution is -0.154. The summed E-state index contributed by atoms with van der Waals surface area (Å²) in [6, 6.07) is 5.58. The van der Waals surface area contributed by atoms with Crippen LogP contribution < -0.4 is 4.74 Å². The molecule has 0 amide bonds. The van der Waals surface area contributed by atoms with Crippen molar-refractivity contribution >= 4 is 50.9 Å². The number of nitrogens with zero attached hydrogens (tertiary/aromatic N) is 1. The van der Waals surface area contributed by atoms with E-state index in [0.717, 1.165) is 8.96 Å². The lowest BCUT2D eigenvalue weighted by Crippen LogP contribution is -2.52. The quantitative estimate of drug-likeness (QED) is 0.713. The van der Waals surface area contributed by atoms with Gasteiger partial charge in [-0.3, -0.25) is 9.78 Å². The molecule has 2 atom stereocenters. The van der Waals surface area contributed by atoms with Crippen LogP contribution in [-0.2, 0) is 9.53 Å². The second-order valence-corrected chi connectivity index (χ2v) is 6.34. The molecule has 0 saturated heterocycles. The summed E-state index contributed by atoms with van der Waals surface area (Å²) in [7, 11) is 0. The number of benzene rings is 1. The minimum Gasteiger partial charge on any atom is -0.483 e. The molecule has 6 heteroatoms. The van der Waals surface area contributed by atoms with Crippen LogP contribution in [0.4, 0.5) is 0 Å². The van der Waals surface area contributed by atoms with Gasteiger partial charge in [-0.1, -0.05) is 11.6 Å². The van der Waals surface area contributed by atoms with E-state index in [9.17, 15) is 4.79 Å². The van der Waals surface area contributed by atoms with E-state index in [-0.39, 0.29) is 11.9 Å². The van der Waals surface area contributed by atoms with Crippen molar-refractivity contribution in [2.45, 2.75) is 25.6 Å². The molecule has 0 spiro atoms. The minimum atomic E-state index is -0.472. The Morgan fingerprint density at radius 3 is 3.05 bits per heavy atom. The monoisotopic (exact) mass is 417 g/mol. The number of halogens is 2. The molecule has 110 valence electrons. The topological polar surface area (TPSA) is 48.4 Å². The predicted octanol–water partition coefficient (Wildman–Crippen LogP) is 3.62. The second-order valence-electron chi connectivity index (χ2n) is 4.77. The molecule has 1 aromatic carbocycles. The predicted molar refractivity (Wildman–Crippen MR) is 88.9 cm³/mol. The Morgan fingerprint density at radius 2 is 2.33 bits per heavy atom. The Hall–Kier alpha value is -0.920. The van der Waals surface area contributed by atoms with Gasteiger partial charge in [-0.2, -0.15) is 0 Å². The van der Waals surface area contributed by atoms with Gasteiger partial charge < -0.3 is 9.47 Å². The summed E-state index contributed by atoms with van der Waals surface area (Å²) in [5.74, 6) is 0.751. The fourth-order valence-corrected chi connectivity index (χ4v) is 3.50. The zero-order valence-electron chi connectivity index (χ0n) is 11.3. The molecule has 1 aromatic heterocycles. The normalized spacial score (nSPS) is 21.4. The highest BCUT2D eigenvalue weighted by Crippen LogP contribution is 2.37. The first kappa shape index (κ1) is 15.0. The summed E-state index contributed by atoms with van der Waals surface area (Å²) in [4.78, 5) is 15.9. The standard InChI is InChI=1S/C15H13ClINO3/c1-2-20-15-11(19)7-12(15)21-14-10(17)6-9(16)8-4-3-5-18-13(8)14/h3-6,12,15H,2,7H2,1H3. The Labute approximate surface area is 140 Å². The van der Waals surface area contributed by atoms with Gasteiger partial charge in [0, 0.05) is 24.6 Å². The molecule has 1 fully saturated rings. The molecular weight excluding hydrogens is 405 g/mol. The third kappa shape index (κ3) is 2.74. The van der Waals surface area contributed by atoms with Crippen molar-refractivity contribution in [3.05, 3.63) is 33.0 Å². The van der Waals surface area contributed by atoms with E-state index in [4.69, 9.17) is 21.1 Å². The molecule has 1 saturated carbocycles. The molecule has 1 heterocycles. The molecule has 2 aromatic rings. The maximum atomic E-state index is 11.6. The number of hydrogen-bond donors (Lipinski definition) is 0. The highest BCUT2D eigenvalue weighted by Gasteiger charge is 2.43. The van der Waals surface area contributed by atoms with Crippen molar-refractivity contribution < 1.29 is 14.3 Å². The summed E-state index contributed by atoms with van der Waals surface area (Å²) >= 11 is 8.41. The van der Waals surface area contributed by atoms with E-state index in [1.165, 1.54) is 0 Å². The number of aromatic nitrogens is 1. The highest BCUT2D eigenvalue weighted by molar-refractivity contribution is 14.1. The van der Waals surface area contributed by atoms with Crippen LogP contribution in [0, 0.1) is 3.57 Å². The van der Waals surface area contributed by atoms with E-state index in [1.54, 1.807) is 6.20 Å². The van der Waals surface area contributed by atoms with E-state index in [0.29, 0.717) is 29.3 Å². The molecule has 0 bridgehead atoms. The molecule has 3 rings (SSSR count). The number of carbonyl (C=O) groups excluding carboxylic acids is 1. The molecule has 4 nitrogen and oxygen atoms in total. The van der Waals surface area contributed by atoms with Crippen LogP contribution in [0.25, 0.3) is 10.9 Å². The largest absolute Gasteiger partial charge is 0.483 e. The number of hydrogen-bond acceptors (Lipinski definition) is 4. The van der Waals surface area contributed by atoms with Crippen LogP contribution in [0.1, 0.15) is 13.3 Å². The van der Waals surface area contributed by atoms with Crippen LogP contribution in [0.3, 0.4) is 0 Å². The van der Waals surface area contributed by atoms with Crippen molar-refractivity contribution in [3.8, 4) is 5.75 Å². The SMILES string of the molecule is CCOC1C(=O)CC1Oc1c(I)cc(Cl)c2cccnc12. The second kappa shape index (κ2) is 6.06. The third-order valence-corrected chi connectivity index (χ3v) is 4.54. The molecule has 21 heavy (non-hydrogen) atoms. The molecule has 2 unspecified atom stereocenters. The van der Waals surface area contributed by atoms with Crippen molar-refractivity contribution in [3.63, 3.8) is 0 Å². The summed E-state index contributed by atoms with van der Waals surface area (Å²) in [6.45, 7) is 2.36. The van der Waals surface area contributed by atoms with Crippen molar-refractivity contribution in [2.24, 2.45) is 0 Å². The number of fused-ring (bicyclic) bond motifs is 1. The first-order valence-corrected chi connectivity index (χ1v) is 8.11. The Balaban J connectivity index is 1.96. The minimum absolute atomic E-state index is 0.0862. The summed E-state index contributed by atoms with van der Waals surface area (Å²) < 4.78 is 12.3. The van der Waals surface area contributed by atoms with Crippen LogP contribution in [0.5, 0.6) is 5.75 Å². The number of ketones is 1. The fourth-order valence-electron chi connectivity index (χ4n) is 2.36. The van der Waals surface area contributed by atoms with E-state index < -0.39 is 6.10 Å². The van der Waals surface area contributed by atoms with E-state index in [2.05, 4.69) is 27.6 Å². The summed E-state index contributed by atoms with van der Waals surface area (Å²) in [6.07, 6.45) is 1.35. The van der Waals surface area contributed by atoms with Crippen LogP contribution in [-0.4, -0.2) is 29.6 Å². The lowest BCUT2D eigenvalue weighted by atomic mass is 9.90. The molecule has 1 aliphatic carbocycles. The Bertz CT molecular complexity index is 707. The Morgan fingerprint density at radius 1 is 1.52 bits per heavy atom. The van der Waals surface area contributed by atoms with Gasteiger partial charge in [-0.25, -0.2) is 0 Å². The van der Waals surface area contributed by atoms with Gasteiger partial charge in [0.05, 0.1) is 8.59 Å². The summed E-state index contributed by atoms with van der Waals surface area (Å²) in [5.41, 5.74) is 0.712. The van der Waals surface area contributed by atoms with E-state index in [1.807, 2.05) is 25.1 Å². The molecular formula is C15H13ClINO3. The highest BCUT2D eigenvalue weighted by atomic mass is 127. The molecule has 0 N–H and O–H groups in total. The zero-order valence-corrected chi connectivity index (χ0v) is 14.2. The van der Waals surface area contributed by atoms with Crippen LogP contribution in [0.2, 0.25) is 5.02 Å². The number of rotatable bonds is 4. The smallest absolute Gasteiger partial charge is 0.169 e. The first-order valence-electron chi connectivity index (χ1n) is 6.65. The van der Waals surface area contributed by atoms with Gasteiger partial charge in [0.15, 0.2) is 17.6 Å². The van der Waals surface area contributed by atoms with Gasteiger partial charge in [0.25, 0.3) is 0 Å². The van der Waals surface area contributed by atoms with Crippen LogP contribution >= 0.6 is 34.2 Å². The zero-order chi connectivity index (χ0) is 15.0. The van der Waals surface area contributed by atoms with Crippen molar-refractivity contribution in [1.29, 1.82) is 0 Å². The molecule has 1 aliphatic rings. The number of ether oxygens (including phenoxy) is 2. The summed E-state index contributed by atoms with van der Waals surface area (Å²) in [5, 5.41) is 1.48. The van der Waals surface area contributed by atoms with Gasteiger partial charge in [-0.05, 0) is 47.7 Å². The lowest BCUT2D eigenvalue weighted by Gasteiger charge is -2.34. The Kier molecular flexibility index (Phi) is 4.33. The van der Waals surface area contributed by atoms with Crippen LogP contribution in [0.15, 0.2) is 24.4 Å². The molecule has 0 aliphatic heterocycles. The fraction of sp³-hybridized carbons (Fsp3) is 0.333. The van der Waals surface area contributed by atoms with Crippen molar-refractivity contribution in [1.82, 2.24) is 4.98 Å². The van der Waals surface area contributed by atoms with Gasteiger partial charge >= 0.3 is 0 Å². The molecule has 0 radical (unpaired) electrons. The average Bonchev–Trinajstić information content (AvgIpc) is 2.48. The van der Waals surface area contributed by atoms with Gasteiger partial charge in [0.2, 0.25) is 0 Å². The third-order valence-electron chi connectivity index (χ3n) is 3.42. The number of carbonyl (C=O) groups is 1. The number of Topliss-reactive ketones (excluding diaryl/α,β-unsaturated/α-hetero) is 1.